The molecule has 0 aliphatic heterocycles. The number of pyridine rings is 2. The highest BCUT2D eigenvalue weighted by molar-refractivity contribution is 6.30. The van der Waals surface area contributed by atoms with Crippen molar-refractivity contribution in [3.63, 3.8) is 0 Å². The number of anilines is 1. The Morgan fingerprint density at radius 2 is 2.10 bits per heavy atom. The van der Waals surface area contributed by atoms with Gasteiger partial charge in [0.25, 0.3) is 0 Å². The highest BCUT2D eigenvalue weighted by Crippen LogP contribution is 2.27. The lowest BCUT2D eigenvalue weighted by molar-refractivity contribution is 0.584. The molecule has 2 rings (SSSR count). The fraction of sp³-hybridized carbons (Fsp3) is 0.333. The van der Waals surface area contributed by atoms with E-state index < -0.39 is 0 Å². The fourth-order valence-electron chi connectivity index (χ4n) is 2.17. The van der Waals surface area contributed by atoms with E-state index in [9.17, 15) is 0 Å². The minimum Gasteiger partial charge on any atom is -0.383 e. The molecule has 20 heavy (non-hydrogen) atoms. The van der Waals surface area contributed by atoms with E-state index in [0.717, 1.165) is 29.8 Å². The van der Waals surface area contributed by atoms with Crippen LogP contribution in [0.3, 0.4) is 0 Å². The average Bonchev–Trinajstić information content (AvgIpc) is 2.43. The molecule has 4 nitrogen and oxygen atoms in total. The van der Waals surface area contributed by atoms with Gasteiger partial charge in [-0.25, -0.2) is 4.98 Å². The summed E-state index contributed by atoms with van der Waals surface area (Å²) in [5, 5.41) is 4.10. The summed E-state index contributed by atoms with van der Waals surface area (Å²) in [5.74, 6) is 0.537. The van der Waals surface area contributed by atoms with E-state index in [1.54, 1.807) is 12.4 Å². The van der Waals surface area contributed by atoms with Gasteiger partial charge in [0.15, 0.2) is 0 Å². The van der Waals surface area contributed by atoms with Crippen LogP contribution >= 0.6 is 11.6 Å². The van der Waals surface area contributed by atoms with Gasteiger partial charge in [0.1, 0.15) is 5.82 Å². The molecule has 1 unspecified atom stereocenters. The summed E-state index contributed by atoms with van der Waals surface area (Å²) in [7, 11) is 0. The second-order valence-electron chi connectivity index (χ2n) is 4.72. The van der Waals surface area contributed by atoms with Crippen LogP contribution in [0.1, 0.15) is 36.2 Å². The summed E-state index contributed by atoms with van der Waals surface area (Å²) in [6, 6.07) is 5.65. The molecule has 0 spiro atoms. The van der Waals surface area contributed by atoms with Crippen molar-refractivity contribution < 1.29 is 0 Å². The van der Waals surface area contributed by atoms with Gasteiger partial charge >= 0.3 is 0 Å². The Hall–Kier alpha value is -1.65. The molecule has 2 aromatic rings. The number of hydrogen-bond acceptors (Lipinski definition) is 4. The monoisotopic (exact) mass is 290 g/mol. The van der Waals surface area contributed by atoms with E-state index >= 15 is 0 Å². The van der Waals surface area contributed by atoms with E-state index in [1.165, 1.54) is 0 Å². The maximum absolute atomic E-state index is 6.06. The van der Waals surface area contributed by atoms with Crippen LogP contribution in [0.5, 0.6) is 0 Å². The van der Waals surface area contributed by atoms with E-state index in [0.29, 0.717) is 10.8 Å². The molecule has 2 aromatic heterocycles. The molecule has 0 aliphatic carbocycles. The average molecular weight is 291 g/mol. The number of halogens is 1. The van der Waals surface area contributed by atoms with Gasteiger partial charge < -0.3 is 11.1 Å². The third-order valence-electron chi connectivity index (χ3n) is 3.17. The molecule has 0 saturated heterocycles. The predicted molar refractivity (Wildman–Crippen MR) is 82.8 cm³/mol. The van der Waals surface area contributed by atoms with Crippen LogP contribution in [-0.4, -0.2) is 16.5 Å². The molecular weight excluding hydrogens is 272 g/mol. The second kappa shape index (κ2) is 6.68. The van der Waals surface area contributed by atoms with Crippen molar-refractivity contribution in [2.24, 2.45) is 0 Å². The number of nitrogens with zero attached hydrogens (tertiary/aromatic N) is 2. The van der Waals surface area contributed by atoms with Gasteiger partial charge in [-0.1, -0.05) is 18.5 Å². The Morgan fingerprint density at radius 1 is 1.30 bits per heavy atom. The van der Waals surface area contributed by atoms with Crippen molar-refractivity contribution in [2.75, 3.05) is 12.3 Å². The van der Waals surface area contributed by atoms with Crippen molar-refractivity contribution in [1.82, 2.24) is 15.3 Å². The zero-order valence-corrected chi connectivity index (χ0v) is 12.5. The largest absolute Gasteiger partial charge is 0.383 e. The van der Waals surface area contributed by atoms with Gasteiger partial charge in [-0.2, -0.15) is 0 Å². The van der Waals surface area contributed by atoms with Gasteiger partial charge in [-0.15, -0.1) is 0 Å². The van der Waals surface area contributed by atoms with Gasteiger partial charge in [-0.05, 0) is 43.7 Å². The SMILES string of the molecule is CCCNC(c1ccc(Cl)cn1)c1c(C)ccnc1N. The number of aryl methyl sites for hydroxylation is 1. The third kappa shape index (κ3) is 3.26. The zero-order valence-electron chi connectivity index (χ0n) is 11.7. The molecule has 0 aromatic carbocycles. The van der Waals surface area contributed by atoms with E-state index in [2.05, 4.69) is 22.2 Å². The van der Waals surface area contributed by atoms with Crippen LogP contribution in [0.15, 0.2) is 30.6 Å². The molecule has 0 bridgehead atoms. The van der Waals surface area contributed by atoms with Crippen molar-refractivity contribution in [3.05, 3.63) is 52.4 Å². The number of nitrogens with one attached hydrogen (secondary N) is 1. The molecule has 0 aliphatic rings. The minimum atomic E-state index is -0.0686. The number of nitrogens with two attached hydrogens (primary N) is 1. The first-order chi connectivity index (χ1) is 9.63. The van der Waals surface area contributed by atoms with E-state index in [4.69, 9.17) is 17.3 Å². The van der Waals surface area contributed by atoms with Crippen molar-refractivity contribution in [3.8, 4) is 0 Å². The molecule has 0 fully saturated rings. The van der Waals surface area contributed by atoms with Crippen molar-refractivity contribution in [1.29, 1.82) is 0 Å². The molecule has 0 amide bonds. The molecule has 2 heterocycles. The first-order valence-corrected chi connectivity index (χ1v) is 7.07. The van der Waals surface area contributed by atoms with E-state index in [-0.39, 0.29) is 6.04 Å². The zero-order chi connectivity index (χ0) is 14.5. The topological polar surface area (TPSA) is 63.8 Å². The highest BCUT2D eigenvalue weighted by atomic mass is 35.5. The molecule has 5 heteroatoms. The Bertz CT molecular complexity index is 548. The van der Waals surface area contributed by atoms with Gasteiger partial charge in [0.05, 0.1) is 16.8 Å². The van der Waals surface area contributed by atoms with Gasteiger partial charge in [-0.3, -0.25) is 4.98 Å². The summed E-state index contributed by atoms with van der Waals surface area (Å²) in [6.45, 7) is 5.03. The fourth-order valence-corrected chi connectivity index (χ4v) is 2.28. The molecular formula is C15H19ClN4. The van der Waals surface area contributed by atoms with Gasteiger partial charge in [0, 0.05) is 18.0 Å². The quantitative estimate of drug-likeness (QED) is 0.888. The third-order valence-corrected chi connectivity index (χ3v) is 3.40. The predicted octanol–water partition coefficient (Wildman–Crippen LogP) is 3.11. The Labute approximate surface area is 124 Å². The number of rotatable bonds is 5. The minimum absolute atomic E-state index is 0.0686. The van der Waals surface area contributed by atoms with Crippen LogP contribution in [0.25, 0.3) is 0 Å². The van der Waals surface area contributed by atoms with Crippen LogP contribution < -0.4 is 11.1 Å². The van der Waals surface area contributed by atoms with Gasteiger partial charge in [0.2, 0.25) is 0 Å². The number of aromatic nitrogens is 2. The van der Waals surface area contributed by atoms with Crippen LogP contribution in [0, 0.1) is 6.92 Å². The lowest BCUT2D eigenvalue weighted by atomic mass is 9.99. The van der Waals surface area contributed by atoms with Crippen LogP contribution in [0.2, 0.25) is 5.02 Å². The summed E-state index contributed by atoms with van der Waals surface area (Å²) in [4.78, 5) is 8.61. The van der Waals surface area contributed by atoms with Crippen LogP contribution in [-0.2, 0) is 0 Å². The van der Waals surface area contributed by atoms with Crippen LogP contribution in [0.4, 0.5) is 5.82 Å². The Morgan fingerprint density at radius 3 is 2.70 bits per heavy atom. The summed E-state index contributed by atoms with van der Waals surface area (Å²) in [5.41, 5.74) is 9.03. The molecule has 106 valence electrons. The summed E-state index contributed by atoms with van der Waals surface area (Å²) >= 11 is 5.91. The summed E-state index contributed by atoms with van der Waals surface area (Å²) < 4.78 is 0. The maximum Gasteiger partial charge on any atom is 0.128 e. The first kappa shape index (κ1) is 14.8. The molecule has 3 N–H and O–H groups in total. The normalized spacial score (nSPS) is 12.3. The maximum atomic E-state index is 6.06. The van der Waals surface area contributed by atoms with Crippen molar-refractivity contribution >= 4 is 17.4 Å². The lowest BCUT2D eigenvalue weighted by Crippen LogP contribution is -2.26. The second-order valence-corrected chi connectivity index (χ2v) is 5.15. The van der Waals surface area contributed by atoms with Crippen molar-refractivity contribution in [2.45, 2.75) is 26.3 Å². The molecule has 0 radical (unpaired) electrons. The number of nitrogen functional groups attached to an aromatic ring is 1. The number of hydrogen-bond donors (Lipinski definition) is 2. The van der Waals surface area contributed by atoms with E-state index in [1.807, 2.05) is 25.1 Å². The lowest BCUT2D eigenvalue weighted by Gasteiger charge is -2.21. The summed E-state index contributed by atoms with van der Waals surface area (Å²) in [6.07, 6.45) is 4.41. The first-order valence-electron chi connectivity index (χ1n) is 6.69. The highest BCUT2D eigenvalue weighted by Gasteiger charge is 2.20. The molecule has 1 atom stereocenters. The Balaban J connectivity index is 2.44. The smallest absolute Gasteiger partial charge is 0.128 e. The Kier molecular flexibility index (Phi) is 4.93. The standard InChI is InChI=1S/C15H19ClN4/c1-3-7-18-14(12-5-4-11(16)9-20-12)13-10(2)6-8-19-15(13)17/h4-6,8-9,14,18H,3,7H2,1-2H3,(H2,17,19). The molecule has 0 saturated carbocycles.